The summed E-state index contributed by atoms with van der Waals surface area (Å²) in [6.07, 6.45) is 1.75. The Hall–Kier alpha value is -1.63. The van der Waals surface area contributed by atoms with E-state index in [2.05, 4.69) is 17.6 Å². The fourth-order valence-corrected chi connectivity index (χ4v) is 1.28. The Morgan fingerprint density at radius 3 is 2.40 bits per heavy atom. The first kappa shape index (κ1) is 18.4. The predicted octanol–water partition coefficient (Wildman–Crippen LogP) is 1.13. The van der Waals surface area contributed by atoms with Gasteiger partial charge in [0.25, 0.3) is 0 Å². The fourth-order valence-electron chi connectivity index (χ4n) is 1.28. The Bertz CT molecular complexity index is 342. The summed E-state index contributed by atoms with van der Waals surface area (Å²) in [4.78, 5) is 33.7. The molecule has 0 aliphatic rings. The molecule has 0 aromatic carbocycles. The molecule has 20 heavy (non-hydrogen) atoms. The number of unbranched alkanes of at least 4 members (excludes halogenated alkanes) is 1. The number of imide groups is 1. The van der Waals surface area contributed by atoms with E-state index in [-0.39, 0.29) is 6.42 Å². The second-order valence-electron chi connectivity index (χ2n) is 5.14. The van der Waals surface area contributed by atoms with Gasteiger partial charge in [0, 0.05) is 19.6 Å². The number of urea groups is 1. The highest BCUT2D eigenvalue weighted by Crippen LogP contribution is 2.19. The van der Waals surface area contributed by atoms with Crippen molar-refractivity contribution in [2.75, 3.05) is 19.8 Å². The maximum Gasteiger partial charge on any atom is 0.321 e. The maximum atomic E-state index is 11.5. The summed E-state index contributed by atoms with van der Waals surface area (Å²) < 4.78 is 5.24. The average Bonchev–Trinajstić information content (AvgIpc) is 2.32. The number of carbonyl (C=O) groups excluding carboxylic acids is 2. The van der Waals surface area contributed by atoms with E-state index in [1.165, 1.54) is 13.8 Å². The molecule has 3 amide bonds. The molecule has 0 atom stereocenters. The zero-order valence-electron chi connectivity index (χ0n) is 12.3. The van der Waals surface area contributed by atoms with Gasteiger partial charge in [0.1, 0.15) is 0 Å². The van der Waals surface area contributed by atoms with Crippen molar-refractivity contribution in [2.45, 2.75) is 40.0 Å². The number of aliphatic carboxylic acids is 1. The van der Waals surface area contributed by atoms with Gasteiger partial charge in [0.05, 0.1) is 12.0 Å². The Kier molecular flexibility index (Phi) is 8.54. The van der Waals surface area contributed by atoms with Crippen molar-refractivity contribution in [1.82, 2.24) is 10.6 Å². The summed E-state index contributed by atoms with van der Waals surface area (Å²) in [7, 11) is 0. The summed E-state index contributed by atoms with van der Waals surface area (Å²) in [6.45, 7) is 6.22. The van der Waals surface area contributed by atoms with E-state index < -0.39 is 23.3 Å². The molecular formula is C13H24N2O5. The van der Waals surface area contributed by atoms with Crippen LogP contribution >= 0.6 is 0 Å². The summed E-state index contributed by atoms with van der Waals surface area (Å²) in [5.41, 5.74) is -1.20. The van der Waals surface area contributed by atoms with Crippen LogP contribution < -0.4 is 10.6 Å². The molecule has 0 aliphatic carbocycles. The molecule has 0 aromatic heterocycles. The van der Waals surface area contributed by atoms with E-state index in [9.17, 15) is 14.4 Å². The fraction of sp³-hybridized carbons (Fsp3) is 0.769. The minimum absolute atomic E-state index is 0.261. The third-order valence-corrected chi connectivity index (χ3v) is 2.61. The lowest BCUT2D eigenvalue weighted by molar-refractivity contribution is -0.149. The predicted molar refractivity (Wildman–Crippen MR) is 73.3 cm³/mol. The van der Waals surface area contributed by atoms with E-state index in [4.69, 9.17) is 9.84 Å². The van der Waals surface area contributed by atoms with Crippen LogP contribution in [0.4, 0.5) is 4.79 Å². The number of rotatable bonds is 9. The third-order valence-electron chi connectivity index (χ3n) is 2.61. The summed E-state index contributed by atoms with van der Waals surface area (Å²) in [5.74, 6) is -1.71. The van der Waals surface area contributed by atoms with Crippen LogP contribution in [0.2, 0.25) is 0 Å². The highest BCUT2D eigenvalue weighted by Gasteiger charge is 2.30. The molecular weight excluding hydrogens is 264 g/mol. The largest absolute Gasteiger partial charge is 0.481 e. The molecule has 0 unspecified atom stereocenters. The molecule has 0 aromatic rings. The van der Waals surface area contributed by atoms with Gasteiger partial charge in [-0.15, -0.1) is 0 Å². The van der Waals surface area contributed by atoms with Crippen LogP contribution in [-0.2, 0) is 14.3 Å². The van der Waals surface area contributed by atoms with Gasteiger partial charge in [0.15, 0.2) is 0 Å². The molecule has 0 spiro atoms. The Balaban J connectivity index is 3.81. The molecule has 0 rings (SSSR count). The van der Waals surface area contributed by atoms with Crippen LogP contribution in [0.1, 0.15) is 40.0 Å². The highest BCUT2D eigenvalue weighted by atomic mass is 16.5. The van der Waals surface area contributed by atoms with Crippen LogP contribution in [0, 0.1) is 5.41 Å². The van der Waals surface area contributed by atoms with Gasteiger partial charge in [-0.1, -0.05) is 13.3 Å². The third kappa shape index (κ3) is 8.47. The van der Waals surface area contributed by atoms with Crippen LogP contribution in [-0.4, -0.2) is 42.8 Å². The maximum absolute atomic E-state index is 11.5. The number of carboxylic acids is 1. The Morgan fingerprint density at radius 2 is 1.85 bits per heavy atom. The van der Waals surface area contributed by atoms with Gasteiger partial charge in [0.2, 0.25) is 5.91 Å². The van der Waals surface area contributed by atoms with Crippen molar-refractivity contribution in [3.8, 4) is 0 Å². The SMILES string of the molecule is CCCCOCCNC(=O)NC(=O)CC(C)(C)C(=O)O. The lowest BCUT2D eigenvalue weighted by atomic mass is 9.89. The first-order chi connectivity index (χ1) is 9.29. The molecule has 0 saturated carbocycles. The number of carboxylic acid groups (broad SMARTS) is 1. The summed E-state index contributed by atoms with van der Waals surface area (Å²) in [5, 5.41) is 13.4. The Morgan fingerprint density at radius 1 is 1.20 bits per heavy atom. The normalized spacial score (nSPS) is 10.9. The minimum atomic E-state index is -1.20. The molecule has 116 valence electrons. The molecule has 0 radical (unpaired) electrons. The topological polar surface area (TPSA) is 105 Å². The van der Waals surface area contributed by atoms with Crippen molar-refractivity contribution in [2.24, 2.45) is 5.41 Å². The molecule has 0 bridgehead atoms. The van der Waals surface area contributed by atoms with Gasteiger partial charge >= 0.3 is 12.0 Å². The zero-order chi connectivity index (χ0) is 15.6. The highest BCUT2D eigenvalue weighted by molar-refractivity contribution is 5.96. The van der Waals surface area contributed by atoms with Crippen LogP contribution in [0.3, 0.4) is 0 Å². The zero-order valence-corrected chi connectivity index (χ0v) is 12.3. The van der Waals surface area contributed by atoms with Gasteiger partial charge in [-0.25, -0.2) is 4.79 Å². The van der Waals surface area contributed by atoms with Gasteiger partial charge < -0.3 is 15.2 Å². The molecule has 7 heteroatoms. The lowest BCUT2D eigenvalue weighted by Crippen LogP contribution is -2.43. The second-order valence-corrected chi connectivity index (χ2v) is 5.14. The number of hydrogen-bond acceptors (Lipinski definition) is 4. The van der Waals surface area contributed by atoms with E-state index in [1.807, 2.05) is 0 Å². The summed E-state index contributed by atoms with van der Waals surface area (Å²) >= 11 is 0. The standard InChI is InChI=1S/C13H24N2O5/c1-4-5-7-20-8-6-14-12(19)15-10(16)9-13(2,3)11(17)18/h4-9H2,1-3H3,(H,17,18)(H2,14,15,16,19). The molecule has 3 N–H and O–H groups in total. The van der Waals surface area contributed by atoms with Crippen LogP contribution in [0.15, 0.2) is 0 Å². The lowest BCUT2D eigenvalue weighted by Gasteiger charge is -2.17. The van der Waals surface area contributed by atoms with Crippen molar-refractivity contribution in [3.63, 3.8) is 0 Å². The number of hydrogen-bond donors (Lipinski definition) is 3. The van der Waals surface area contributed by atoms with Crippen molar-refractivity contribution in [3.05, 3.63) is 0 Å². The molecule has 0 heterocycles. The van der Waals surface area contributed by atoms with Crippen LogP contribution in [0.25, 0.3) is 0 Å². The first-order valence-electron chi connectivity index (χ1n) is 6.68. The molecule has 7 nitrogen and oxygen atoms in total. The smallest absolute Gasteiger partial charge is 0.321 e. The van der Waals surface area contributed by atoms with Gasteiger partial charge in [-0.05, 0) is 20.3 Å². The van der Waals surface area contributed by atoms with E-state index in [0.29, 0.717) is 19.8 Å². The monoisotopic (exact) mass is 288 g/mol. The summed E-state index contributed by atoms with van der Waals surface area (Å²) in [6, 6.07) is -0.643. The molecule has 0 saturated heterocycles. The Labute approximate surface area is 119 Å². The first-order valence-corrected chi connectivity index (χ1v) is 6.68. The van der Waals surface area contributed by atoms with Gasteiger partial charge in [-0.3, -0.25) is 14.9 Å². The molecule has 0 aliphatic heterocycles. The average molecular weight is 288 g/mol. The number of nitrogens with one attached hydrogen (secondary N) is 2. The number of ether oxygens (including phenoxy) is 1. The van der Waals surface area contributed by atoms with Crippen molar-refractivity contribution >= 4 is 17.9 Å². The quantitative estimate of drug-likeness (QED) is 0.552. The van der Waals surface area contributed by atoms with E-state index >= 15 is 0 Å². The van der Waals surface area contributed by atoms with E-state index in [0.717, 1.165) is 12.8 Å². The minimum Gasteiger partial charge on any atom is -0.481 e. The number of carbonyl (C=O) groups is 3. The molecule has 0 fully saturated rings. The van der Waals surface area contributed by atoms with Gasteiger partial charge in [-0.2, -0.15) is 0 Å². The van der Waals surface area contributed by atoms with Crippen molar-refractivity contribution < 1.29 is 24.2 Å². The van der Waals surface area contributed by atoms with Crippen molar-refractivity contribution in [1.29, 1.82) is 0 Å². The van der Waals surface area contributed by atoms with E-state index in [1.54, 1.807) is 0 Å². The number of amides is 3. The van der Waals surface area contributed by atoms with Crippen LogP contribution in [0.5, 0.6) is 0 Å². The second kappa shape index (κ2) is 9.30.